The topological polar surface area (TPSA) is 26.3 Å². The molecular weight excluding hydrogens is 190 g/mol. The summed E-state index contributed by atoms with van der Waals surface area (Å²) < 4.78 is 31.0. The van der Waals surface area contributed by atoms with Crippen LogP contribution in [0.1, 0.15) is 12.8 Å². The summed E-state index contributed by atoms with van der Waals surface area (Å²) in [5, 5.41) is 0. The molecule has 14 heavy (non-hydrogen) atoms. The normalized spacial score (nSPS) is 16.6. The zero-order valence-electron chi connectivity index (χ0n) is 7.30. The lowest BCUT2D eigenvalue weighted by atomic mass is 9.94. The third kappa shape index (κ3) is 1.60. The van der Waals surface area contributed by atoms with Gasteiger partial charge in [-0.05, 0) is 12.1 Å². The second-order valence-corrected chi connectivity index (χ2v) is 3.24. The van der Waals surface area contributed by atoms with E-state index in [9.17, 15) is 13.6 Å². The summed E-state index contributed by atoms with van der Waals surface area (Å²) in [6.07, 6.45) is 0.121. The molecule has 1 aromatic carbocycles. The van der Waals surface area contributed by atoms with Gasteiger partial charge in [0.2, 0.25) is 0 Å². The number of rotatable bonds is 2. The van der Waals surface area contributed by atoms with E-state index in [1.807, 2.05) is 0 Å². The Bertz CT molecular complexity index is 348. The van der Waals surface area contributed by atoms with Gasteiger partial charge >= 0.3 is 0 Å². The van der Waals surface area contributed by atoms with Crippen LogP contribution < -0.4 is 4.74 Å². The first-order valence-corrected chi connectivity index (χ1v) is 4.29. The fourth-order valence-corrected chi connectivity index (χ4v) is 1.29. The minimum Gasteiger partial charge on any atom is -0.483 e. The van der Waals surface area contributed by atoms with Crippen molar-refractivity contribution in [3.05, 3.63) is 29.8 Å². The number of halogens is 2. The number of ether oxygens (including phenoxy) is 1. The van der Waals surface area contributed by atoms with E-state index in [1.165, 1.54) is 6.07 Å². The van der Waals surface area contributed by atoms with Crippen LogP contribution >= 0.6 is 0 Å². The average Bonchev–Trinajstić information content (AvgIpc) is 2.08. The molecule has 1 aliphatic rings. The number of Topliss-reactive ketones (excluding diaryl/α,β-unsaturated/α-hetero) is 1. The molecule has 1 aliphatic carbocycles. The number of hydrogen-bond acceptors (Lipinski definition) is 2. The molecule has 0 heterocycles. The van der Waals surface area contributed by atoms with Crippen molar-refractivity contribution in [1.29, 1.82) is 0 Å². The maximum Gasteiger partial charge on any atom is 0.191 e. The molecule has 74 valence electrons. The third-order valence-corrected chi connectivity index (χ3v) is 2.11. The molecule has 0 spiro atoms. The van der Waals surface area contributed by atoms with Crippen molar-refractivity contribution in [3.63, 3.8) is 0 Å². The molecule has 1 saturated carbocycles. The van der Waals surface area contributed by atoms with Gasteiger partial charge in [0, 0.05) is 12.8 Å². The molecular formula is C10H8F2O2. The summed E-state index contributed by atoms with van der Waals surface area (Å²) in [6.45, 7) is 0. The number of carbonyl (C=O) groups is 1. The first-order valence-electron chi connectivity index (χ1n) is 4.29. The van der Waals surface area contributed by atoms with Crippen LogP contribution in [-0.2, 0) is 4.79 Å². The molecule has 0 atom stereocenters. The molecule has 2 nitrogen and oxygen atoms in total. The van der Waals surface area contributed by atoms with Crippen LogP contribution in [0.15, 0.2) is 18.2 Å². The van der Waals surface area contributed by atoms with Crippen molar-refractivity contribution in [2.45, 2.75) is 18.9 Å². The summed E-state index contributed by atoms with van der Waals surface area (Å²) in [6, 6.07) is 3.52. The molecule has 0 aromatic heterocycles. The quantitative estimate of drug-likeness (QED) is 0.727. The lowest BCUT2D eigenvalue weighted by Gasteiger charge is -2.25. The Labute approximate surface area is 79.5 Å². The van der Waals surface area contributed by atoms with Crippen molar-refractivity contribution in [3.8, 4) is 5.75 Å². The van der Waals surface area contributed by atoms with E-state index < -0.39 is 11.6 Å². The van der Waals surface area contributed by atoms with E-state index in [0.29, 0.717) is 0 Å². The molecule has 4 heteroatoms. The van der Waals surface area contributed by atoms with Gasteiger partial charge < -0.3 is 4.74 Å². The number of ketones is 1. The van der Waals surface area contributed by atoms with Crippen molar-refractivity contribution >= 4 is 5.78 Å². The van der Waals surface area contributed by atoms with E-state index in [2.05, 4.69) is 0 Å². The van der Waals surface area contributed by atoms with Crippen LogP contribution in [0, 0.1) is 11.6 Å². The Balaban J connectivity index is 2.12. The predicted molar refractivity (Wildman–Crippen MR) is 45.0 cm³/mol. The molecule has 0 amide bonds. The van der Waals surface area contributed by atoms with Gasteiger partial charge in [-0.15, -0.1) is 0 Å². The summed E-state index contributed by atoms with van der Waals surface area (Å²) in [4.78, 5) is 10.6. The standard InChI is InChI=1S/C10H8F2O2/c11-8-2-1-3-9(12)10(8)14-7-4-6(13)5-7/h1-3,7H,4-5H2. The highest BCUT2D eigenvalue weighted by Gasteiger charge is 2.29. The highest BCUT2D eigenvalue weighted by atomic mass is 19.1. The highest BCUT2D eigenvalue weighted by molar-refractivity contribution is 5.85. The number of para-hydroxylation sites is 1. The molecule has 1 aromatic rings. The molecule has 0 N–H and O–H groups in total. The van der Waals surface area contributed by atoms with E-state index >= 15 is 0 Å². The van der Waals surface area contributed by atoms with Gasteiger partial charge in [0.25, 0.3) is 0 Å². The predicted octanol–water partition coefficient (Wildman–Crippen LogP) is 2.08. The van der Waals surface area contributed by atoms with E-state index in [4.69, 9.17) is 4.74 Å². The van der Waals surface area contributed by atoms with Crippen molar-refractivity contribution in [2.75, 3.05) is 0 Å². The molecule has 0 aliphatic heterocycles. The first kappa shape index (κ1) is 9.12. The molecule has 1 fully saturated rings. The lowest BCUT2D eigenvalue weighted by Crippen LogP contribution is -2.34. The van der Waals surface area contributed by atoms with Crippen molar-refractivity contribution in [2.24, 2.45) is 0 Å². The largest absolute Gasteiger partial charge is 0.483 e. The van der Waals surface area contributed by atoms with E-state index in [-0.39, 0.29) is 30.5 Å². The molecule has 0 bridgehead atoms. The van der Waals surface area contributed by atoms with E-state index in [0.717, 1.165) is 12.1 Å². The van der Waals surface area contributed by atoms with Gasteiger partial charge in [-0.1, -0.05) is 6.07 Å². The molecule has 0 saturated heterocycles. The fraction of sp³-hybridized carbons (Fsp3) is 0.300. The van der Waals surface area contributed by atoms with Gasteiger partial charge in [0.1, 0.15) is 11.9 Å². The molecule has 0 unspecified atom stereocenters. The minimum absolute atomic E-state index is 0.0618. The number of benzene rings is 1. The number of hydrogen-bond donors (Lipinski definition) is 0. The lowest BCUT2D eigenvalue weighted by molar-refractivity contribution is -0.129. The Kier molecular flexibility index (Phi) is 2.19. The third-order valence-electron chi connectivity index (χ3n) is 2.11. The van der Waals surface area contributed by atoms with E-state index in [1.54, 1.807) is 0 Å². The maximum atomic E-state index is 13.0. The van der Waals surface area contributed by atoms with Crippen LogP contribution in [-0.4, -0.2) is 11.9 Å². The summed E-state index contributed by atoms with van der Waals surface area (Å²) >= 11 is 0. The summed E-state index contributed by atoms with van der Waals surface area (Å²) in [5.74, 6) is -1.79. The molecule has 0 radical (unpaired) electrons. The van der Waals surface area contributed by atoms with Crippen LogP contribution in [0.4, 0.5) is 8.78 Å². The Morgan fingerprint density at radius 3 is 2.29 bits per heavy atom. The van der Waals surface area contributed by atoms with Crippen LogP contribution in [0.25, 0.3) is 0 Å². The van der Waals surface area contributed by atoms with Gasteiger partial charge in [-0.2, -0.15) is 0 Å². The smallest absolute Gasteiger partial charge is 0.191 e. The zero-order chi connectivity index (χ0) is 10.1. The number of carbonyl (C=O) groups excluding carboxylic acids is 1. The van der Waals surface area contributed by atoms with Crippen LogP contribution in [0.3, 0.4) is 0 Å². The monoisotopic (exact) mass is 198 g/mol. The molecule has 2 rings (SSSR count). The highest BCUT2D eigenvalue weighted by Crippen LogP contribution is 2.27. The fourth-order valence-electron chi connectivity index (χ4n) is 1.29. The van der Waals surface area contributed by atoms with Crippen LogP contribution in [0.5, 0.6) is 5.75 Å². The maximum absolute atomic E-state index is 13.0. The second-order valence-electron chi connectivity index (χ2n) is 3.24. The Morgan fingerprint density at radius 1 is 1.21 bits per heavy atom. The van der Waals surface area contributed by atoms with Gasteiger partial charge in [0.15, 0.2) is 17.4 Å². The second kappa shape index (κ2) is 3.36. The summed E-state index contributed by atoms with van der Waals surface area (Å²) in [7, 11) is 0. The SMILES string of the molecule is O=C1CC(Oc2c(F)cccc2F)C1. The van der Waals surface area contributed by atoms with Crippen molar-refractivity contribution in [1.82, 2.24) is 0 Å². The van der Waals surface area contributed by atoms with Gasteiger partial charge in [-0.3, -0.25) is 4.79 Å². The van der Waals surface area contributed by atoms with Gasteiger partial charge in [-0.25, -0.2) is 8.78 Å². The van der Waals surface area contributed by atoms with Gasteiger partial charge in [0.05, 0.1) is 0 Å². The first-order chi connectivity index (χ1) is 6.66. The zero-order valence-corrected chi connectivity index (χ0v) is 7.30. The summed E-state index contributed by atoms with van der Waals surface area (Å²) in [5.41, 5.74) is 0. The van der Waals surface area contributed by atoms with Crippen LogP contribution in [0.2, 0.25) is 0 Å². The van der Waals surface area contributed by atoms with Crippen molar-refractivity contribution < 1.29 is 18.3 Å². The average molecular weight is 198 g/mol. The Morgan fingerprint density at radius 2 is 1.79 bits per heavy atom. The Hall–Kier alpha value is -1.45. The minimum atomic E-state index is -0.732.